The van der Waals surface area contributed by atoms with Crippen molar-refractivity contribution in [2.75, 3.05) is 13.1 Å². The molecule has 0 spiro atoms. The minimum absolute atomic E-state index is 0.0707. The van der Waals surface area contributed by atoms with Gasteiger partial charge < -0.3 is 5.32 Å². The Morgan fingerprint density at radius 2 is 2.21 bits per heavy atom. The van der Waals surface area contributed by atoms with Crippen molar-refractivity contribution < 1.29 is 12.8 Å². The Morgan fingerprint density at radius 3 is 2.84 bits per heavy atom. The van der Waals surface area contributed by atoms with E-state index in [1.807, 2.05) is 0 Å². The largest absolute Gasteiger partial charge is 0.315 e. The number of sulfonamides is 1. The van der Waals surface area contributed by atoms with E-state index in [9.17, 15) is 12.8 Å². The van der Waals surface area contributed by atoms with Crippen LogP contribution in [0.2, 0.25) is 5.02 Å². The summed E-state index contributed by atoms with van der Waals surface area (Å²) in [6, 6.07) is 2.14. The molecule has 0 aromatic heterocycles. The third-order valence-corrected chi connectivity index (χ3v) is 5.11. The van der Waals surface area contributed by atoms with Gasteiger partial charge in [0.2, 0.25) is 10.0 Å². The molecule has 1 aliphatic rings. The molecule has 7 heteroatoms. The fraction of sp³-hybridized carbons (Fsp3) is 0.500. The first-order valence-corrected chi connectivity index (χ1v) is 7.95. The molecule has 106 valence electrons. The highest BCUT2D eigenvalue weighted by Crippen LogP contribution is 2.25. The Kier molecular flexibility index (Phi) is 4.45. The van der Waals surface area contributed by atoms with Gasteiger partial charge in [0.1, 0.15) is 10.7 Å². The van der Waals surface area contributed by atoms with E-state index in [1.54, 1.807) is 0 Å². The van der Waals surface area contributed by atoms with Gasteiger partial charge in [0.15, 0.2) is 0 Å². The van der Waals surface area contributed by atoms with Crippen molar-refractivity contribution in [3.63, 3.8) is 0 Å². The molecule has 0 radical (unpaired) electrons. The molecule has 19 heavy (non-hydrogen) atoms. The van der Waals surface area contributed by atoms with Crippen LogP contribution in [0.4, 0.5) is 4.39 Å². The number of nitrogens with one attached hydrogen (secondary N) is 2. The maximum absolute atomic E-state index is 13.3. The van der Waals surface area contributed by atoms with Crippen molar-refractivity contribution in [2.24, 2.45) is 0 Å². The second-order valence-corrected chi connectivity index (χ2v) is 6.79. The average molecular weight is 307 g/mol. The van der Waals surface area contributed by atoms with Crippen LogP contribution in [-0.2, 0) is 10.0 Å². The summed E-state index contributed by atoms with van der Waals surface area (Å²) in [4.78, 5) is -0.0707. The van der Waals surface area contributed by atoms with Crippen molar-refractivity contribution in [3.05, 3.63) is 28.5 Å². The lowest BCUT2D eigenvalue weighted by atomic mass is 10.1. The van der Waals surface area contributed by atoms with E-state index in [0.29, 0.717) is 6.54 Å². The molecule has 0 saturated carbocycles. The summed E-state index contributed by atoms with van der Waals surface area (Å²) in [6.45, 7) is 3.00. The molecule has 0 amide bonds. The molecule has 1 aromatic carbocycles. The van der Waals surface area contributed by atoms with Gasteiger partial charge in [0.25, 0.3) is 0 Å². The molecule has 2 rings (SSSR count). The second kappa shape index (κ2) is 5.75. The first-order chi connectivity index (χ1) is 8.90. The Hall–Kier alpha value is -0.690. The van der Waals surface area contributed by atoms with Crippen LogP contribution < -0.4 is 10.0 Å². The van der Waals surface area contributed by atoms with Crippen molar-refractivity contribution in [3.8, 4) is 0 Å². The van der Waals surface area contributed by atoms with E-state index in [2.05, 4.69) is 10.0 Å². The lowest BCUT2D eigenvalue weighted by Gasteiger charge is -2.23. The van der Waals surface area contributed by atoms with E-state index in [-0.39, 0.29) is 21.5 Å². The molecule has 1 atom stereocenters. The minimum atomic E-state index is -3.72. The molecule has 4 nitrogen and oxygen atoms in total. The van der Waals surface area contributed by atoms with Gasteiger partial charge in [-0.3, -0.25) is 0 Å². The molecular weight excluding hydrogens is 291 g/mol. The Balaban J connectivity index is 2.26. The quantitative estimate of drug-likeness (QED) is 0.895. The van der Waals surface area contributed by atoms with Crippen molar-refractivity contribution in [2.45, 2.75) is 30.7 Å². The maximum Gasteiger partial charge on any atom is 0.242 e. The fourth-order valence-electron chi connectivity index (χ4n) is 2.07. The van der Waals surface area contributed by atoms with Gasteiger partial charge in [-0.05, 0) is 44.0 Å². The normalized spacial score (nSPS) is 20.5. The SMILES string of the molecule is Cc1cc(S(=O)(=O)N[C@@H]2CCCNC2)c(Cl)cc1F. The minimum Gasteiger partial charge on any atom is -0.315 e. The molecule has 1 fully saturated rings. The summed E-state index contributed by atoms with van der Waals surface area (Å²) in [5, 5.41) is 3.03. The summed E-state index contributed by atoms with van der Waals surface area (Å²) in [5.74, 6) is -0.511. The zero-order chi connectivity index (χ0) is 14.0. The molecule has 1 heterocycles. The lowest BCUT2D eigenvalue weighted by Crippen LogP contribution is -2.45. The van der Waals surface area contributed by atoms with Crippen molar-refractivity contribution >= 4 is 21.6 Å². The molecule has 1 saturated heterocycles. The third kappa shape index (κ3) is 3.45. The van der Waals surface area contributed by atoms with Crippen LogP contribution in [0, 0.1) is 12.7 Å². The zero-order valence-electron chi connectivity index (χ0n) is 10.5. The fourth-order valence-corrected chi connectivity index (χ4v) is 3.94. The van der Waals surface area contributed by atoms with E-state index >= 15 is 0 Å². The average Bonchev–Trinajstić information content (AvgIpc) is 2.34. The molecule has 0 bridgehead atoms. The molecular formula is C12H16ClFN2O2S. The highest BCUT2D eigenvalue weighted by atomic mass is 35.5. The number of hydrogen-bond acceptors (Lipinski definition) is 3. The van der Waals surface area contributed by atoms with E-state index in [0.717, 1.165) is 25.5 Å². The van der Waals surface area contributed by atoms with Crippen LogP contribution in [0.5, 0.6) is 0 Å². The molecule has 1 aliphatic heterocycles. The topological polar surface area (TPSA) is 58.2 Å². The molecule has 1 aromatic rings. The van der Waals surface area contributed by atoms with Gasteiger partial charge in [-0.2, -0.15) is 0 Å². The maximum atomic E-state index is 13.3. The first kappa shape index (κ1) is 14.7. The van der Waals surface area contributed by atoms with Crippen LogP contribution >= 0.6 is 11.6 Å². The third-order valence-electron chi connectivity index (χ3n) is 3.12. The number of piperidine rings is 1. The highest BCUT2D eigenvalue weighted by molar-refractivity contribution is 7.89. The number of benzene rings is 1. The van der Waals surface area contributed by atoms with Gasteiger partial charge in [-0.15, -0.1) is 0 Å². The monoisotopic (exact) mass is 306 g/mol. The molecule has 2 N–H and O–H groups in total. The van der Waals surface area contributed by atoms with Gasteiger partial charge in [-0.25, -0.2) is 17.5 Å². The van der Waals surface area contributed by atoms with Gasteiger partial charge in [0.05, 0.1) is 5.02 Å². The molecule has 0 aliphatic carbocycles. The standard InChI is InChI=1S/C12H16ClFN2O2S/c1-8-5-12(10(13)6-11(8)14)19(17,18)16-9-3-2-4-15-7-9/h5-6,9,15-16H,2-4,7H2,1H3/t9-/m1/s1. The molecule has 0 unspecified atom stereocenters. The number of rotatable bonds is 3. The zero-order valence-corrected chi connectivity index (χ0v) is 12.1. The lowest BCUT2D eigenvalue weighted by molar-refractivity contribution is 0.428. The predicted octanol–water partition coefficient (Wildman–Crippen LogP) is 1.82. The second-order valence-electron chi connectivity index (χ2n) is 4.70. The summed E-state index contributed by atoms with van der Waals surface area (Å²) in [6.07, 6.45) is 1.70. The smallest absolute Gasteiger partial charge is 0.242 e. The van der Waals surface area contributed by atoms with E-state index < -0.39 is 15.8 Å². The predicted molar refractivity (Wildman–Crippen MR) is 72.4 cm³/mol. The Morgan fingerprint density at radius 1 is 1.47 bits per heavy atom. The van der Waals surface area contributed by atoms with Gasteiger partial charge >= 0.3 is 0 Å². The van der Waals surface area contributed by atoms with Crippen molar-refractivity contribution in [1.29, 1.82) is 0 Å². The summed E-state index contributed by atoms with van der Waals surface area (Å²) < 4.78 is 40.4. The Bertz CT molecular complexity index is 571. The first-order valence-electron chi connectivity index (χ1n) is 6.09. The van der Waals surface area contributed by atoms with Crippen LogP contribution in [0.1, 0.15) is 18.4 Å². The van der Waals surface area contributed by atoms with Gasteiger partial charge in [-0.1, -0.05) is 11.6 Å². The number of halogens is 2. The number of aryl methyl sites for hydroxylation is 1. The van der Waals surface area contributed by atoms with Crippen LogP contribution in [0.25, 0.3) is 0 Å². The van der Waals surface area contributed by atoms with Crippen LogP contribution in [0.15, 0.2) is 17.0 Å². The summed E-state index contributed by atoms with van der Waals surface area (Å²) in [5.41, 5.74) is 0.256. The summed E-state index contributed by atoms with van der Waals surface area (Å²) in [7, 11) is -3.72. The van der Waals surface area contributed by atoms with Gasteiger partial charge in [0, 0.05) is 12.6 Å². The number of hydrogen-bond donors (Lipinski definition) is 2. The highest BCUT2D eigenvalue weighted by Gasteiger charge is 2.24. The van der Waals surface area contributed by atoms with Crippen LogP contribution in [-0.4, -0.2) is 27.5 Å². The van der Waals surface area contributed by atoms with Crippen LogP contribution in [0.3, 0.4) is 0 Å². The van der Waals surface area contributed by atoms with E-state index in [4.69, 9.17) is 11.6 Å². The van der Waals surface area contributed by atoms with Crippen molar-refractivity contribution in [1.82, 2.24) is 10.0 Å². The Labute approximate surface area is 117 Å². The van der Waals surface area contributed by atoms with E-state index in [1.165, 1.54) is 13.0 Å². The summed E-state index contributed by atoms with van der Waals surface area (Å²) >= 11 is 5.83.